The van der Waals surface area contributed by atoms with Crippen molar-refractivity contribution in [3.8, 4) is 0 Å². The van der Waals surface area contributed by atoms with E-state index < -0.39 is 6.09 Å². The number of ether oxygens (including phenoxy) is 1. The Balaban J connectivity index is 1.60. The van der Waals surface area contributed by atoms with E-state index in [4.69, 9.17) is 16.3 Å². The molecule has 0 aliphatic carbocycles. The first-order valence-corrected chi connectivity index (χ1v) is 6.73. The molecule has 1 aromatic carbocycles. The summed E-state index contributed by atoms with van der Waals surface area (Å²) in [5, 5.41) is 3.29. The van der Waals surface area contributed by atoms with Gasteiger partial charge in [0.2, 0.25) is 0 Å². The maximum atomic E-state index is 11.5. The lowest BCUT2D eigenvalue weighted by Gasteiger charge is -2.07. The molecule has 2 rings (SSSR count). The Morgan fingerprint density at radius 2 is 2.15 bits per heavy atom. The van der Waals surface area contributed by atoms with E-state index in [0.717, 1.165) is 12.0 Å². The molecule has 1 N–H and O–H groups in total. The number of carbonyl (C=O) groups is 1. The second-order valence-corrected chi connectivity index (χ2v) is 4.64. The van der Waals surface area contributed by atoms with Gasteiger partial charge in [-0.15, -0.1) is 0 Å². The fourth-order valence-corrected chi connectivity index (χ4v) is 1.87. The van der Waals surface area contributed by atoms with Gasteiger partial charge in [0.1, 0.15) is 11.8 Å². The first-order chi connectivity index (χ1) is 9.75. The standard InChI is InChI=1S/C14H16ClN3O2/c15-13-9-16-11-18(13)8-4-7-17-14(19)20-10-12-5-2-1-3-6-12/h1-3,5-6,9,11H,4,7-8,10H2,(H,17,19). The van der Waals surface area contributed by atoms with Crippen LogP contribution in [0, 0.1) is 0 Å². The molecular weight excluding hydrogens is 278 g/mol. The van der Waals surface area contributed by atoms with Crippen LogP contribution in [0.1, 0.15) is 12.0 Å². The molecule has 0 radical (unpaired) electrons. The number of hydrogen-bond donors (Lipinski definition) is 1. The van der Waals surface area contributed by atoms with Crippen molar-refractivity contribution in [2.24, 2.45) is 0 Å². The van der Waals surface area contributed by atoms with Gasteiger partial charge in [-0.1, -0.05) is 41.9 Å². The van der Waals surface area contributed by atoms with Gasteiger partial charge in [0.15, 0.2) is 0 Å². The van der Waals surface area contributed by atoms with Crippen LogP contribution in [0.5, 0.6) is 0 Å². The predicted molar refractivity (Wildman–Crippen MR) is 76.5 cm³/mol. The normalized spacial score (nSPS) is 10.2. The monoisotopic (exact) mass is 293 g/mol. The summed E-state index contributed by atoms with van der Waals surface area (Å²) in [6.07, 6.45) is 3.60. The van der Waals surface area contributed by atoms with E-state index in [1.54, 1.807) is 12.5 Å². The lowest BCUT2D eigenvalue weighted by molar-refractivity contribution is 0.139. The molecular formula is C14H16ClN3O2. The number of alkyl carbamates (subject to hydrolysis) is 1. The minimum atomic E-state index is -0.411. The van der Waals surface area contributed by atoms with Crippen LogP contribution in [0.3, 0.4) is 0 Å². The van der Waals surface area contributed by atoms with Crippen LogP contribution in [0.15, 0.2) is 42.9 Å². The summed E-state index contributed by atoms with van der Waals surface area (Å²) in [4.78, 5) is 15.4. The first kappa shape index (κ1) is 14.4. The smallest absolute Gasteiger partial charge is 0.407 e. The third kappa shape index (κ3) is 4.59. The summed E-state index contributed by atoms with van der Waals surface area (Å²) >= 11 is 5.89. The molecule has 2 aromatic rings. The third-order valence-electron chi connectivity index (χ3n) is 2.72. The van der Waals surface area contributed by atoms with Crippen molar-refractivity contribution in [2.45, 2.75) is 19.6 Å². The van der Waals surface area contributed by atoms with Crippen LogP contribution < -0.4 is 5.32 Å². The van der Waals surface area contributed by atoms with Crippen LogP contribution in [-0.4, -0.2) is 22.2 Å². The van der Waals surface area contributed by atoms with E-state index in [2.05, 4.69) is 10.3 Å². The molecule has 20 heavy (non-hydrogen) atoms. The molecule has 106 valence electrons. The highest BCUT2D eigenvalue weighted by Gasteiger charge is 2.02. The highest BCUT2D eigenvalue weighted by molar-refractivity contribution is 6.29. The first-order valence-electron chi connectivity index (χ1n) is 6.36. The van der Waals surface area contributed by atoms with Crippen molar-refractivity contribution in [1.82, 2.24) is 14.9 Å². The van der Waals surface area contributed by atoms with E-state index in [-0.39, 0.29) is 6.61 Å². The zero-order chi connectivity index (χ0) is 14.2. The van der Waals surface area contributed by atoms with Crippen LogP contribution in [0.25, 0.3) is 0 Å². The van der Waals surface area contributed by atoms with E-state index in [0.29, 0.717) is 18.2 Å². The predicted octanol–water partition coefficient (Wildman–Crippen LogP) is 2.85. The van der Waals surface area contributed by atoms with Gasteiger partial charge in [-0.2, -0.15) is 0 Å². The number of halogens is 1. The third-order valence-corrected chi connectivity index (χ3v) is 3.03. The number of benzene rings is 1. The Bertz CT molecular complexity index is 542. The van der Waals surface area contributed by atoms with Crippen LogP contribution in [-0.2, 0) is 17.9 Å². The molecule has 0 atom stereocenters. The second-order valence-electron chi connectivity index (χ2n) is 4.25. The molecule has 0 bridgehead atoms. The van der Waals surface area contributed by atoms with Crippen LogP contribution in [0.2, 0.25) is 5.15 Å². The van der Waals surface area contributed by atoms with Crippen molar-refractivity contribution in [3.63, 3.8) is 0 Å². The summed E-state index contributed by atoms with van der Waals surface area (Å²) in [6.45, 7) is 1.51. The molecule has 0 aliphatic rings. The molecule has 0 unspecified atom stereocenters. The van der Waals surface area contributed by atoms with Gasteiger partial charge in [0.05, 0.1) is 12.5 Å². The van der Waals surface area contributed by atoms with Gasteiger partial charge in [-0.25, -0.2) is 9.78 Å². The Labute approximate surface area is 122 Å². The molecule has 5 nitrogen and oxygen atoms in total. The summed E-state index contributed by atoms with van der Waals surface area (Å²) in [5.74, 6) is 0. The van der Waals surface area contributed by atoms with Gasteiger partial charge in [-0.3, -0.25) is 0 Å². The number of aryl methyl sites for hydroxylation is 1. The molecule has 1 aromatic heterocycles. The number of nitrogens with zero attached hydrogens (tertiary/aromatic N) is 2. The maximum absolute atomic E-state index is 11.5. The van der Waals surface area contributed by atoms with Crippen molar-refractivity contribution in [1.29, 1.82) is 0 Å². The van der Waals surface area contributed by atoms with E-state index in [9.17, 15) is 4.79 Å². The Morgan fingerprint density at radius 3 is 2.85 bits per heavy atom. The van der Waals surface area contributed by atoms with Gasteiger partial charge in [0, 0.05) is 13.1 Å². The van der Waals surface area contributed by atoms with E-state index in [1.807, 2.05) is 34.9 Å². The minimum absolute atomic E-state index is 0.278. The summed E-state index contributed by atoms with van der Waals surface area (Å²) in [6, 6.07) is 9.56. The SMILES string of the molecule is O=C(NCCCn1cncc1Cl)OCc1ccccc1. The number of hydrogen-bond acceptors (Lipinski definition) is 3. The average Bonchev–Trinajstić information content (AvgIpc) is 2.88. The number of amides is 1. The fraction of sp³-hybridized carbons (Fsp3) is 0.286. The Kier molecular flexibility index (Phi) is 5.43. The second kappa shape index (κ2) is 7.55. The van der Waals surface area contributed by atoms with Gasteiger partial charge in [-0.05, 0) is 12.0 Å². The number of imidazole rings is 1. The number of nitrogens with one attached hydrogen (secondary N) is 1. The van der Waals surface area contributed by atoms with Gasteiger partial charge >= 0.3 is 6.09 Å². The maximum Gasteiger partial charge on any atom is 0.407 e. The topological polar surface area (TPSA) is 56.2 Å². The highest BCUT2D eigenvalue weighted by Crippen LogP contribution is 2.06. The summed E-state index contributed by atoms with van der Waals surface area (Å²) < 4.78 is 6.91. The average molecular weight is 294 g/mol. The van der Waals surface area contributed by atoms with E-state index >= 15 is 0 Å². The molecule has 1 heterocycles. The molecule has 0 spiro atoms. The van der Waals surface area contributed by atoms with E-state index in [1.165, 1.54) is 0 Å². The molecule has 0 aliphatic heterocycles. The van der Waals surface area contributed by atoms with Crippen LogP contribution in [0.4, 0.5) is 4.79 Å². The van der Waals surface area contributed by atoms with Crippen LogP contribution >= 0.6 is 11.6 Å². The zero-order valence-corrected chi connectivity index (χ0v) is 11.7. The molecule has 0 fully saturated rings. The number of rotatable bonds is 6. The lowest BCUT2D eigenvalue weighted by atomic mass is 10.2. The Morgan fingerprint density at radius 1 is 1.35 bits per heavy atom. The van der Waals surface area contributed by atoms with Crippen molar-refractivity contribution >= 4 is 17.7 Å². The fourth-order valence-electron chi connectivity index (χ4n) is 1.68. The molecule has 0 saturated heterocycles. The lowest BCUT2D eigenvalue weighted by Crippen LogP contribution is -2.25. The van der Waals surface area contributed by atoms with Crippen molar-refractivity contribution < 1.29 is 9.53 Å². The van der Waals surface area contributed by atoms with Gasteiger partial charge in [0.25, 0.3) is 0 Å². The van der Waals surface area contributed by atoms with Crippen molar-refractivity contribution in [2.75, 3.05) is 6.54 Å². The minimum Gasteiger partial charge on any atom is -0.445 e. The molecule has 6 heteroatoms. The Hall–Kier alpha value is -2.01. The summed E-state index contributed by atoms with van der Waals surface area (Å²) in [7, 11) is 0. The quantitative estimate of drug-likeness (QED) is 0.833. The zero-order valence-electron chi connectivity index (χ0n) is 11.0. The highest BCUT2D eigenvalue weighted by atomic mass is 35.5. The molecule has 0 saturated carbocycles. The summed E-state index contributed by atoms with van der Waals surface area (Å²) in [5.41, 5.74) is 0.966. The van der Waals surface area contributed by atoms with Gasteiger partial charge < -0.3 is 14.6 Å². The number of aromatic nitrogens is 2. The largest absolute Gasteiger partial charge is 0.445 e. The molecule has 1 amide bonds. The number of carbonyl (C=O) groups excluding carboxylic acids is 1. The van der Waals surface area contributed by atoms with Crippen molar-refractivity contribution in [3.05, 3.63) is 53.6 Å².